The summed E-state index contributed by atoms with van der Waals surface area (Å²) in [4.78, 5) is 23.6. The lowest BCUT2D eigenvalue weighted by molar-refractivity contribution is -0.137. The van der Waals surface area contributed by atoms with E-state index in [9.17, 15) is 10.1 Å². The number of fused-ring (bicyclic) bond motifs is 1. The van der Waals surface area contributed by atoms with Crippen molar-refractivity contribution in [2.45, 2.75) is 25.2 Å². The van der Waals surface area contributed by atoms with Crippen molar-refractivity contribution in [3.05, 3.63) is 30.1 Å². The largest absolute Gasteiger partial charge is 0.378 e. The highest BCUT2D eigenvalue weighted by Gasteiger charge is 2.32. The number of hydrogen-bond acceptors (Lipinski definition) is 8. The molecule has 2 N–H and O–H groups in total. The Kier molecular flexibility index (Phi) is 5.85. The molecule has 3 heterocycles. The number of hydrogen-bond donors (Lipinski definition) is 2. The standard InChI is InChI=1S/C20H24N6O3/c1-13-10-26(16-3-2-14(8-21)18-19(16)24-5-4-23-18)11-17(29-13)20(27)25-9-15-12-28-7-6-22-15/h2-5,13,15,17,22H,6-7,9-12H2,1H3,(H,25,27)/t13-,15+,17-/m1/s1. The van der Waals surface area contributed by atoms with Gasteiger partial charge < -0.3 is 25.0 Å². The summed E-state index contributed by atoms with van der Waals surface area (Å²) in [6, 6.07) is 5.88. The molecule has 1 amide bonds. The maximum atomic E-state index is 12.7. The Bertz CT molecular complexity index is 924. The Labute approximate surface area is 169 Å². The lowest BCUT2D eigenvalue weighted by Crippen LogP contribution is -2.55. The highest BCUT2D eigenvalue weighted by molar-refractivity contribution is 5.92. The third-order valence-corrected chi connectivity index (χ3v) is 5.14. The third kappa shape index (κ3) is 4.29. The third-order valence-electron chi connectivity index (χ3n) is 5.14. The van der Waals surface area contributed by atoms with Crippen LogP contribution in [0.15, 0.2) is 24.5 Å². The number of nitrogens with one attached hydrogen (secondary N) is 2. The number of nitrogens with zero attached hydrogens (tertiary/aromatic N) is 4. The van der Waals surface area contributed by atoms with Crippen LogP contribution in [0.3, 0.4) is 0 Å². The Hall–Kier alpha value is -2.80. The predicted molar refractivity (Wildman–Crippen MR) is 106 cm³/mol. The lowest BCUT2D eigenvalue weighted by Gasteiger charge is -2.38. The van der Waals surface area contributed by atoms with Crippen LogP contribution in [0.1, 0.15) is 12.5 Å². The van der Waals surface area contributed by atoms with Crippen molar-refractivity contribution in [2.75, 3.05) is 44.3 Å². The van der Waals surface area contributed by atoms with Crippen LogP contribution in [0.4, 0.5) is 5.69 Å². The number of nitriles is 1. The first-order valence-electron chi connectivity index (χ1n) is 9.78. The normalized spacial score (nSPS) is 24.8. The minimum Gasteiger partial charge on any atom is -0.378 e. The van der Waals surface area contributed by atoms with Crippen LogP contribution < -0.4 is 15.5 Å². The van der Waals surface area contributed by atoms with Gasteiger partial charge in [0.05, 0.1) is 37.1 Å². The molecule has 2 saturated heterocycles. The van der Waals surface area contributed by atoms with E-state index in [0.29, 0.717) is 49.4 Å². The number of amides is 1. The van der Waals surface area contributed by atoms with Gasteiger partial charge in [0.2, 0.25) is 0 Å². The van der Waals surface area contributed by atoms with E-state index < -0.39 is 6.10 Å². The highest BCUT2D eigenvalue weighted by Crippen LogP contribution is 2.28. The van der Waals surface area contributed by atoms with Crippen LogP contribution in [-0.2, 0) is 14.3 Å². The number of carbonyl (C=O) groups is 1. The molecule has 0 aliphatic carbocycles. The topological polar surface area (TPSA) is 112 Å². The van der Waals surface area contributed by atoms with Gasteiger partial charge in [-0.15, -0.1) is 0 Å². The molecule has 4 rings (SSSR count). The van der Waals surface area contributed by atoms with Crippen LogP contribution >= 0.6 is 0 Å². The number of ether oxygens (including phenoxy) is 2. The van der Waals surface area contributed by atoms with Crippen molar-refractivity contribution in [1.82, 2.24) is 20.6 Å². The summed E-state index contributed by atoms with van der Waals surface area (Å²) in [6.45, 7) is 5.55. The average Bonchev–Trinajstić information content (AvgIpc) is 2.77. The first-order valence-corrected chi connectivity index (χ1v) is 9.78. The summed E-state index contributed by atoms with van der Waals surface area (Å²) in [7, 11) is 0. The van der Waals surface area contributed by atoms with E-state index in [4.69, 9.17) is 9.47 Å². The SMILES string of the molecule is C[C@@H]1CN(c2ccc(C#N)c3nccnc23)C[C@H](C(=O)NC[C@H]2COCCN2)O1. The smallest absolute Gasteiger partial charge is 0.251 e. The Morgan fingerprint density at radius 2 is 2.17 bits per heavy atom. The minimum absolute atomic E-state index is 0.113. The number of carbonyl (C=O) groups excluding carboxylic acids is 1. The van der Waals surface area contributed by atoms with Gasteiger partial charge in [-0.25, -0.2) is 0 Å². The average molecular weight is 396 g/mol. The fourth-order valence-corrected chi connectivity index (χ4v) is 3.77. The van der Waals surface area contributed by atoms with Crippen molar-refractivity contribution < 1.29 is 14.3 Å². The molecule has 9 heteroatoms. The van der Waals surface area contributed by atoms with Gasteiger partial charge in [-0.1, -0.05) is 0 Å². The summed E-state index contributed by atoms with van der Waals surface area (Å²) < 4.78 is 11.3. The second-order valence-electron chi connectivity index (χ2n) is 7.31. The molecular formula is C20H24N6O3. The molecule has 2 aliphatic rings. The quantitative estimate of drug-likeness (QED) is 0.754. The molecule has 0 spiro atoms. The van der Waals surface area contributed by atoms with Gasteiger partial charge in [-0.2, -0.15) is 5.26 Å². The van der Waals surface area contributed by atoms with Crippen molar-refractivity contribution in [3.63, 3.8) is 0 Å². The number of anilines is 1. The molecule has 29 heavy (non-hydrogen) atoms. The Balaban J connectivity index is 1.50. The molecule has 0 bridgehead atoms. The minimum atomic E-state index is -0.592. The zero-order chi connectivity index (χ0) is 20.2. The van der Waals surface area contributed by atoms with E-state index in [-0.39, 0.29) is 18.1 Å². The Morgan fingerprint density at radius 1 is 1.34 bits per heavy atom. The Morgan fingerprint density at radius 3 is 2.93 bits per heavy atom. The second kappa shape index (κ2) is 8.69. The fourth-order valence-electron chi connectivity index (χ4n) is 3.77. The molecule has 9 nitrogen and oxygen atoms in total. The second-order valence-corrected chi connectivity index (χ2v) is 7.31. The van der Waals surface area contributed by atoms with Gasteiger partial charge in [0.1, 0.15) is 17.1 Å². The van der Waals surface area contributed by atoms with Crippen LogP contribution in [0.2, 0.25) is 0 Å². The van der Waals surface area contributed by atoms with Crippen molar-refractivity contribution in [2.24, 2.45) is 0 Å². The van der Waals surface area contributed by atoms with Gasteiger partial charge in [0.15, 0.2) is 6.10 Å². The molecule has 3 atom stereocenters. The number of benzene rings is 1. The maximum absolute atomic E-state index is 12.7. The first kappa shape index (κ1) is 19.5. The van der Waals surface area contributed by atoms with Gasteiger partial charge in [-0.05, 0) is 19.1 Å². The summed E-state index contributed by atoms with van der Waals surface area (Å²) >= 11 is 0. The van der Waals surface area contributed by atoms with Crippen molar-refractivity contribution in [1.29, 1.82) is 5.26 Å². The maximum Gasteiger partial charge on any atom is 0.251 e. The van der Waals surface area contributed by atoms with Gasteiger partial charge in [0, 0.05) is 38.1 Å². The predicted octanol–water partition coefficient (Wildman–Crippen LogP) is 0.200. The first-order chi connectivity index (χ1) is 14.2. The van der Waals surface area contributed by atoms with Crippen LogP contribution in [0, 0.1) is 11.3 Å². The molecule has 152 valence electrons. The van der Waals surface area contributed by atoms with Crippen molar-refractivity contribution in [3.8, 4) is 6.07 Å². The molecule has 0 radical (unpaired) electrons. The van der Waals surface area contributed by atoms with E-state index in [1.807, 2.05) is 13.0 Å². The van der Waals surface area contributed by atoms with Crippen molar-refractivity contribution >= 4 is 22.6 Å². The summed E-state index contributed by atoms with van der Waals surface area (Å²) in [5.74, 6) is -0.141. The van der Waals surface area contributed by atoms with E-state index in [2.05, 4.69) is 31.6 Å². The molecule has 0 saturated carbocycles. The van der Waals surface area contributed by atoms with Crippen LogP contribution in [0.5, 0.6) is 0 Å². The molecule has 1 aromatic heterocycles. The van der Waals surface area contributed by atoms with Crippen LogP contribution in [0.25, 0.3) is 11.0 Å². The van der Waals surface area contributed by atoms with Crippen LogP contribution in [-0.4, -0.2) is 73.5 Å². The summed E-state index contributed by atoms with van der Waals surface area (Å²) in [5.41, 5.74) is 2.55. The van der Waals surface area contributed by atoms with Gasteiger partial charge in [-0.3, -0.25) is 14.8 Å². The number of aromatic nitrogens is 2. The summed E-state index contributed by atoms with van der Waals surface area (Å²) in [5, 5.41) is 15.6. The van der Waals surface area contributed by atoms with Gasteiger partial charge in [0.25, 0.3) is 5.91 Å². The van der Waals surface area contributed by atoms with E-state index >= 15 is 0 Å². The zero-order valence-electron chi connectivity index (χ0n) is 16.3. The molecule has 2 aliphatic heterocycles. The van der Waals surface area contributed by atoms with E-state index in [1.165, 1.54) is 0 Å². The van der Waals surface area contributed by atoms with Gasteiger partial charge >= 0.3 is 0 Å². The lowest BCUT2D eigenvalue weighted by atomic mass is 10.1. The molecular weight excluding hydrogens is 372 g/mol. The van der Waals surface area contributed by atoms with E-state index in [1.54, 1.807) is 18.5 Å². The molecule has 2 fully saturated rings. The number of rotatable bonds is 4. The molecule has 1 aromatic carbocycles. The number of morpholine rings is 2. The van der Waals surface area contributed by atoms with E-state index in [0.717, 1.165) is 12.2 Å². The highest BCUT2D eigenvalue weighted by atomic mass is 16.5. The molecule has 0 unspecified atom stereocenters. The zero-order valence-corrected chi connectivity index (χ0v) is 16.3. The fraction of sp³-hybridized carbons (Fsp3) is 0.500. The monoisotopic (exact) mass is 396 g/mol. The molecule has 2 aromatic rings. The summed E-state index contributed by atoms with van der Waals surface area (Å²) in [6.07, 6.45) is 2.47.